The molecule has 0 N–H and O–H groups in total. The zero-order valence-electron chi connectivity index (χ0n) is 10.6. The molecule has 1 rings (SSSR count). The molecule has 18 heavy (non-hydrogen) atoms. The first kappa shape index (κ1) is 16.5. The predicted molar refractivity (Wildman–Crippen MR) is 86.4 cm³/mol. The van der Waals surface area contributed by atoms with Crippen LogP contribution in [-0.4, -0.2) is 24.4 Å². The lowest BCUT2D eigenvalue weighted by Crippen LogP contribution is -2.30. The van der Waals surface area contributed by atoms with Crippen molar-refractivity contribution in [3.8, 4) is 0 Å². The highest BCUT2D eigenvalue weighted by molar-refractivity contribution is 9.09. The van der Waals surface area contributed by atoms with Gasteiger partial charge in [-0.1, -0.05) is 62.0 Å². The van der Waals surface area contributed by atoms with Crippen LogP contribution in [0.25, 0.3) is 0 Å². The van der Waals surface area contributed by atoms with Gasteiger partial charge in [-0.25, -0.2) is 0 Å². The van der Waals surface area contributed by atoms with E-state index >= 15 is 0 Å². The average Bonchev–Trinajstić information content (AvgIpc) is 2.40. The molecule has 0 spiro atoms. The Morgan fingerprint density at radius 1 is 1.22 bits per heavy atom. The summed E-state index contributed by atoms with van der Waals surface area (Å²) in [5.74, 6) is 0. The molecule has 0 aliphatic carbocycles. The van der Waals surface area contributed by atoms with Crippen LogP contribution in [0.2, 0.25) is 5.02 Å². The Morgan fingerprint density at radius 3 is 2.50 bits per heavy atom. The van der Waals surface area contributed by atoms with Crippen LogP contribution in [0.4, 0.5) is 0 Å². The lowest BCUT2D eigenvalue weighted by Gasteiger charge is -2.31. The third kappa shape index (κ3) is 4.52. The number of hydrogen-bond acceptors (Lipinski definition) is 1. The van der Waals surface area contributed by atoms with Crippen LogP contribution in [0.5, 0.6) is 0 Å². The summed E-state index contributed by atoms with van der Waals surface area (Å²) in [5.41, 5.74) is 1.40. The second-order valence-electron chi connectivity index (χ2n) is 4.51. The number of methoxy groups -OCH3 is 1. The van der Waals surface area contributed by atoms with E-state index in [2.05, 4.69) is 44.0 Å². The molecule has 0 amide bonds. The Balaban J connectivity index is 2.79. The summed E-state index contributed by atoms with van der Waals surface area (Å²) in [4.78, 5) is 0. The zero-order chi connectivity index (χ0) is 13.4. The highest BCUT2D eigenvalue weighted by Gasteiger charge is 2.29. The summed E-state index contributed by atoms with van der Waals surface area (Å²) >= 11 is 13.4. The molecule has 1 aromatic rings. The van der Waals surface area contributed by atoms with E-state index in [0.29, 0.717) is 0 Å². The van der Waals surface area contributed by atoms with E-state index < -0.39 is 0 Å². The van der Waals surface area contributed by atoms with Crippen molar-refractivity contribution in [1.29, 1.82) is 0 Å². The summed E-state index contributed by atoms with van der Waals surface area (Å²) in [6.07, 6.45) is 3.36. The van der Waals surface area contributed by atoms with Gasteiger partial charge in [0, 0.05) is 34.8 Å². The number of hydrogen-bond donors (Lipinski definition) is 0. The van der Waals surface area contributed by atoms with Crippen LogP contribution < -0.4 is 0 Å². The van der Waals surface area contributed by atoms with Gasteiger partial charge in [-0.2, -0.15) is 0 Å². The normalized spacial score (nSPS) is 11.8. The number of unbranched alkanes of at least 4 members (excludes halogenated alkanes) is 1. The van der Waals surface area contributed by atoms with Crippen LogP contribution in [0, 0.1) is 0 Å². The minimum Gasteiger partial charge on any atom is -0.385 e. The van der Waals surface area contributed by atoms with Crippen LogP contribution in [0.15, 0.2) is 24.3 Å². The van der Waals surface area contributed by atoms with Gasteiger partial charge < -0.3 is 4.74 Å². The molecule has 0 radical (unpaired) electrons. The van der Waals surface area contributed by atoms with Crippen LogP contribution >= 0.6 is 43.5 Å². The minimum absolute atomic E-state index is 0.110. The van der Waals surface area contributed by atoms with E-state index in [-0.39, 0.29) is 5.41 Å². The average molecular weight is 399 g/mol. The maximum atomic E-state index is 6.10. The molecule has 0 aromatic heterocycles. The van der Waals surface area contributed by atoms with Gasteiger partial charge in [0.15, 0.2) is 0 Å². The number of alkyl halides is 2. The van der Waals surface area contributed by atoms with Crippen molar-refractivity contribution in [3.05, 3.63) is 34.9 Å². The van der Waals surface area contributed by atoms with E-state index in [0.717, 1.165) is 41.6 Å². The molecule has 0 bridgehead atoms. The van der Waals surface area contributed by atoms with Gasteiger partial charge in [-0.05, 0) is 30.5 Å². The fourth-order valence-electron chi connectivity index (χ4n) is 2.00. The Hall–Kier alpha value is 0.430. The maximum Gasteiger partial charge on any atom is 0.0462 e. The smallest absolute Gasteiger partial charge is 0.0462 e. The standard InChI is InChI=1S/C14H19Br2ClO/c1-18-8-3-2-7-14(10-15,11-16)12-5-4-6-13(17)9-12/h4-6,9H,2-3,7-8,10-11H2,1H3. The molecule has 0 fully saturated rings. The van der Waals surface area contributed by atoms with Crippen molar-refractivity contribution < 1.29 is 4.74 Å². The summed E-state index contributed by atoms with van der Waals surface area (Å²) < 4.78 is 5.10. The summed E-state index contributed by atoms with van der Waals surface area (Å²) in [7, 11) is 1.75. The second kappa shape index (κ2) is 8.57. The van der Waals surface area contributed by atoms with Gasteiger partial charge in [0.05, 0.1) is 0 Å². The molecule has 0 atom stereocenters. The topological polar surface area (TPSA) is 9.23 Å². The van der Waals surface area contributed by atoms with Crippen molar-refractivity contribution in [3.63, 3.8) is 0 Å². The largest absolute Gasteiger partial charge is 0.385 e. The number of rotatable bonds is 8. The third-order valence-corrected chi connectivity index (χ3v) is 5.58. The van der Waals surface area contributed by atoms with Crippen molar-refractivity contribution in [2.45, 2.75) is 24.7 Å². The Bertz CT molecular complexity index is 353. The molecule has 0 aliphatic heterocycles. The van der Waals surface area contributed by atoms with E-state index in [1.165, 1.54) is 5.56 Å². The monoisotopic (exact) mass is 396 g/mol. The van der Waals surface area contributed by atoms with Crippen molar-refractivity contribution >= 4 is 43.5 Å². The number of ether oxygens (including phenoxy) is 1. The van der Waals surface area contributed by atoms with Gasteiger partial charge in [0.25, 0.3) is 0 Å². The summed E-state index contributed by atoms with van der Waals surface area (Å²) in [6.45, 7) is 0.830. The fraction of sp³-hybridized carbons (Fsp3) is 0.571. The van der Waals surface area contributed by atoms with Gasteiger partial charge in [0.2, 0.25) is 0 Å². The summed E-state index contributed by atoms with van der Waals surface area (Å²) in [6, 6.07) is 8.17. The molecule has 0 aliphatic rings. The van der Waals surface area contributed by atoms with Crippen molar-refractivity contribution in [2.75, 3.05) is 24.4 Å². The van der Waals surface area contributed by atoms with Gasteiger partial charge in [-0.15, -0.1) is 0 Å². The van der Waals surface area contributed by atoms with E-state index in [1.807, 2.05) is 12.1 Å². The first-order valence-corrected chi connectivity index (χ1v) is 8.67. The van der Waals surface area contributed by atoms with E-state index in [1.54, 1.807) is 7.11 Å². The summed E-state index contributed by atoms with van der Waals surface area (Å²) in [5, 5.41) is 2.66. The van der Waals surface area contributed by atoms with Gasteiger partial charge >= 0.3 is 0 Å². The molecule has 4 heteroatoms. The first-order chi connectivity index (χ1) is 8.68. The van der Waals surface area contributed by atoms with E-state index in [4.69, 9.17) is 16.3 Å². The zero-order valence-corrected chi connectivity index (χ0v) is 14.5. The molecule has 102 valence electrons. The molecular formula is C14H19Br2ClO. The highest BCUT2D eigenvalue weighted by atomic mass is 79.9. The third-order valence-electron chi connectivity index (χ3n) is 3.20. The van der Waals surface area contributed by atoms with Crippen LogP contribution in [0.1, 0.15) is 24.8 Å². The van der Waals surface area contributed by atoms with Crippen LogP contribution in [0.3, 0.4) is 0 Å². The Morgan fingerprint density at radius 2 is 1.94 bits per heavy atom. The highest BCUT2D eigenvalue weighted by Crippen LogP contribution is 2.35. The Labute approximate surface area is 132 Å². The second-order valence-corrected chi connectivity index (χ2v) is 6.07. The molecule has 0 saturated heterocycles. The molecule has 0 unspecified atom stereocenters. The quantitative estimate of drug-likeness (QED) is 0.433. The fourth-order valence-corrected chi connectivity index (χ4v) is 4.32. The van der Waals surface area contributed by atoms with Crippen LogP contribution in [-0.2, 0) is 10.2 Å². The van der Waals surface area contributed by atoms with Crippen molar-refractivity contribution in [1.82, 2.24) is 0 Å². The maximum absolute atomic E-state index is 6.10. The lowest BCUT2D eigenvalue weighted by molar-refractivity contribution is 0.190. The molecule has 0 heterocycles. The number of halogens is 3. The molecule has 1 nitrogen and oxygen atoms in total. The Kier molecular flexibility index (Phi) is 7.85. The number of benzene rings is 1. The van der Waals surface area contributed by atoms with Gasteiger partial charge in [-0.3, -0.25) is 0 Å². The molecule has 0 saturated carbocycles. The lowest BCUT2D eigenvalue weighted by atomic mass is 9.80. The molecule has 1 aromatic carbocycles. The predicted octanol–water partition coefficient (Wildman–Crippen LogP) is 5.18. The first-order valence-electron chi connectivity index (χ1n) is 6.05. The SMILES string of the molecule is COCCCCC(CBr)(CBr)c1cccc(Cl)c1. The minimum atomic E-state index is 0.110. The van der Waals surface area contributed by atoms with Crippen molar-refractivity contribution in [2.24, 2.45) is 0 Å². The molecular weight excluding hydrogens is 379 g/mol. The van der Waals surface area contributed by atoms with Gasteiger partial charge in [0.1, 0.15) is 0 Å². The van der Waals surface area contributed by atoms with E-state index in [9.17, 15) is 0 Å².